The number of aryl methyl sites for hydroxylation is 1. The number of unbranched alkanes of at least 4 members (excludes halogenated alkanes) is 1. The van der Waals surface area contributed by atoms with E-state index in [-0.39, 0.29) is 0 Å². The number of hydrogen-bond acceptors (Lipinski definition) is 5. The summed E-state index contributed by atoms with van der Waals surface area (Å²) in [6.07, 6.45) is 3.57. The van der Waals surface area contributed by atoms with Gasteiger partial charge in [0.1, 0.15) is 0 Å². The third-order valence-electron chi connectivity index (χ3n) is 2.82. The van der Waals surface area contributed by atoms with Gasteiger partial charge < -0.3 is 15.1 Å². The van der Waals surface area contributed by atoms with E-state index in [9.17, 15) is 0 Å². The summed E-state index contributed by atoms with van der Waals surface area (Å²) in [7, 11) is 1.84. The minimum absolute atomic E-state index is 0.423. The lowest BCUT2D eigenvalue weighted by atomic mass is 10.1. The molecule has 0 aliphatic carbocycles. The zero-order valence-corrected chi connectivity index (χ0v) is 11.4. The molecular formula is C14H20N4O. The molecule has 1 aromatic carbocycles. The Labute approximate surface area is 113 Å². The van der Waals surface area contributed by atoms with Crippen LogP contribution in [0.2, 0.25) is 0 Å². The molecule has 0 aliphatic rings. The maximum atomic E-state index is 5.43. The van der Waals surface area contributed by atoms with Crippen molar-refractivity contribution >= 4 is 11.7 Å². The molecule has 1 aromatic heterocycles. The summed E-state index contributed by atoms with van der Waals surface area (Å²) < 4.78 is 5.43. The maximum absolute atomic E-state index is 5.43. The molecule has 102 valence electrons. The fourth-order valence-corrected chi connectivity index (χ4v) is 1.79. The minimum Gasteiger partial charge on any atom is -0.406 e. The van der Waals surface area contributed by atoms with Crippen molar-refractivity contribution in [1.29, 1.82) is 0 Å². The summed E-state index contributed by atoms with van der Waals surface area (Å²) in [5.41, 5.74) is 2.31. The second-order valence-corrected chi connectivity index (χ2v) is 4.46. The number of hydrogen-bond donors (Lipinski definition) is 2. The first-order valence-corrected chi connectivity index (χ1v) is 6.64. The molecule has 2 N–H and O–H groups in total. The van der Waals surface area contributed by atoms with Gasteiger partial charge in [-0.3, -0.25) is 0 Å². The second-order valence-electron chi connectivity index (χ2n) is 4.46. The van der Waals surface area contributed by atoms with Crippen LogP contribution in [0.25, 0.3) is 0 Å². The molecule has 0 spiro atoms. The number of benzene rings is 1. The zero-order valence-electron chi connectivity index (χ0n) is 11.4. The van der Waals surface area contributed by atoms with Crippen LogP contribution in [0.4, 0.5) is 11.7 Å². The van der Waals surface area contributed by atoms with Gasteiger partial charge in [0.05, 0.1) is 6.54 Å². The van der Waals surface area contributed by atoms with Gasteiger partial charge in [-0.2, -0.15) is 0 Å². The average Bonchev–Trinajstić information content (AvgIpc) is 2.86. The van der Waals surface area contributed by atoms with Gasteiger partial charge in [-0.05, 0) is 37.6 Å². The van der Waals surface area contributed by atoms with Gasteiger partial charge in [0, 0.05) is 5.69 Å². The van der Waals surface area contributed by atoms with Crippen LogP contribution in [0.3, 0.4) is 0 Å². The van der Waals surface area contributed by atoms with E-state index in [1.165, 1.54) is 18.4 Å². The van der Waals surface area contributed by atoms with Crippen molar-refractivity contribution in [2.45, 2.75) is 32.7 Å². The Bertz CT molecular complexity index is 492. The molecule has 0 unspecified atom stereocenters. The molecule has 0 fully saturated rings. The molecule has 0 saturated heterocycles. The van der Waals surface area contributed by atoms with Crippen LogP contribution < -0.4 is 10.6 Å². The van der Waals surface area contributed by atoms with Gasteiger partial charge in [0.2, 0.25) is 5.89 Å². The van der Waals surface area contributed by atoms with Gasteiger partial charge in [0.15, 0.2) is 0 Å². The molecule has 0 saturated carbocycles. The standard InChI is InChI=1S/C14H20N4O/c1-3-4-5-11-6-8-12(9-7-11)16-14-18-17-13(19-14)10-15-2/h6-9,15H,3-5,10H2,1-2H3,(H,16,18). The second kappa shape index (κ2) is 6.89. The van der Waals surface area contributed by atoms with Crippen molar-refractivity contribution < 1.29 is 4.42 Å². The molecule has 5 nitrogen and oxygen atoms in total. The molecule has 2 aromatic rings. The molecule has 5 heteroatoms. The zero-order chi connectivity index (χ0) is 13.5. The summed E-state index contributed by atoms with van der Waals surface area (Å²) in [5, 5.41) is 13.9. The number of anilines is 2. The Morgan fingerprint density at radius 2 is 1.95 bits per heavy atom. The number of nitrogens with one attached hydrogen (secondary N) is 2. The lowest BCUT2D eigenvalue weighted by Crippen LogP contribution is -2.04. The van der Waals surface area contributed by atoms with Crippen molar-refractivity contribution in [3.8, 4) is 0 Å². The smallest absolute Gasteiger partial charge is 0.320 e. The van der Waals surface area contributed by atoms with Gasteiger partial charge in [-0.1, -0.05) is 30.6 Å². The Balaban J connectivity index is 1.94. The largest absolute Gasteiger partial charge is 0.406 e. The molecule has 0 amide bonds. The summed E-state index contributed by atoms with van der Waals surface area (Å²) >= 11 is 0. The van der Waals surface area contributed by atoms with E-state index in [4.69, 9.17) is 4.42 Å². The molecule has 0 bridgehead atoms. The van der Waals surface area contributed by atoms with Crippen LogP contribution >= 0.6 is 0 Å². The first-order chi connectivity index (χ1) is 9.31. The Morgan fingerprint density at radius 3 is 2.63 bits per heavy atom. The lowest BCUT2D eigenvalue weighted by molar-refractivity contribution is 0.493. The summed E-state index contributed by atoms with van der Waals surface area (Å²) in [6.45, 7) is 2.78. The van der Waals surface area contributed by atoms with E-state index in [1.54, 1.807) is 0 Å². The van der Waals surface area contributed by atoms with E-state index >= 15 is 0 Å². The van der Waals surface area contributed by atoms with Crippen LogP contribution in [0.15, 0.2) is 28.7 Å². The average molecular weight is 260 g/mol. The molecule has 0 radical (unpaired) electrons. The highest BCUT2D eigenvalue weighted by Gasteiger charge is 2.05. The van der Waals surface area contributed by atoms with Gasteiger partial charge >= 0.3 is 6.01 Å². The van der Waals surface area contributed by atoms with Gasteiger partial charge in [-0.25, -0.2) is 0 Å². The number of nitrogens with zero attached hydrogens (tertiary/aromatic N) is 2. The van der Waals surface area contributed by atoms with Crippen molar-refractivity contribution in [1.82, 2.24) is 15.5 Å². The summed E-state index contributed by atoms with van der Waals surface area (Å²) in [6, 6.07) is 8.75. The van der Waals surface area contributed by atoms with Crippen LogP contribution in [0.5, 0.6) is 0 Å². The normalized spacial score (nSPS) is 10.6. The monoisotopic (exact) mass is 260 g/mol. The topological polar surface area (TPSA) is 63.0 Å². The highest BCUT2D eigenvalue weighted by Crippen LogP contribution is 2.16. The third kappa shape index (κ3) is 4.06. The molecular weight excluding hydrogens is 240 g/mol. The van der Waals surface area contributed by atoms with E-state index in [1.807, 2.05) is 19.2 Å². The predicted molar refractivity (Wildman–Crippen MR) is 75.4 cm³/mol. The van der Waals surface area contributed by atoms with E-state index < -0.39 is 0 Å². The maximum Gasteiger partial charge on any atom is 0.320 e. The van der Waals surface area contributed by atoms with Crippen LogP contribution in [-0.4, -0.2) is 17.2 Å². The van der Waals surface area contributed by atoms with E-state index in [2.05, 4.69) is 39.9 Å². The first kappa shape index (κ1) is 13.5. The molecule has 2 rings (SSSR count). The third-order valence-corrected chi connectivity index (χ3v) is 2.82. The Morgan fingerprint density at radius 1 is 1.16 bits per heavy atom. The van der Waals surface area contributed by atoms with Crippen LogP contribution in [0, 0.1) is 0 Å². The predicted octanol–water partition coefficient (Wildman–Crippen LogP) is 2.88. The summed E-state index contributed by atoms with van der Waals surface area (Å²) in [5.74, 6) is 0.574. The fraction of sp³-hybridized carbons (Fsp3) is 0.429. The van der Waals surface area contributed by atoms with Crippen molar-refractivity contribution in [2.75, 3.05) is 12.4 Å². The Hall–Kier alpha value is -1.88. The minimum atomic E-state index is 0.423. The van der Waals surface area contributed by atoms with Crippen molar-refractivity contribution in [2.24, 2.45) is 0 Å². The quantitative estimate of drug-likeness (QED) is 0.801. The van der Waals surface area contributed by atoms with Gasteiger partial charge in [0.25, 0.3) is 0 Å². The van der Waals surface area contributed by atoms with Crippen LogP contribution in [0.1, 0.15) is 31.2 Å². The highest BCUT2D eigenvalue weighted by atomic mass is 16.4. The fourth-order valence-electron chi connectivity index (χ4n) is 1.79. The lowest BCUT2D eigenvalue weighted by Gasteiger charge is -2.03. The van der Waals surface area contributed by atoms with Gasteiger partial charge in [-0.15, -0.1) is 5.10 Å². The number of rotatable bonds is 7. The van der Waals surface area contributed by atoms with E-state index in [0.717, 1.165) is 12.1 Å². The van der Waals surface area contributed by atoms with Crippen LogP contribution in [-0.2, 0) is 13.0 Å². The molecule has 19 heavy (non-hydrogen) atoms. The molecule has 0 aliphatic heterocycles. The Kier molecular flexibility index (Phi) is 4.92. The highest BCUT2D eigenvalue weighted by molar-refractivity contribution is 5.52. The van der Waals surface area contributed by atoms with Crippen molar-refractivity contribution in [3.63, 3.8) is 0 Å². The summed E-state index contributed by atoms with van der Waals surface area (Å²) in [4.78, 5) is 0. The van der Waals surface area contributed by atoms with E-state index in [0.29, 0.717) is 18.5 Å². The number of aromatic nitrogens is 2. The molecule has 0 atom stereocenters. The van der Waals surface area contributed by atoms with Crippen molar-refractivity contribution in [3.05, 3.63) is 35.7 Å². The SMILES string of the molecule is CCCCc1ccc(Nc2nnc(CNC)o2)cc1. The molecule has 1 heterocycles. The first-order valence-electron chi connectivity index (χ1n) is 6.64.